The van der Waals surface area contributed by atoms with Crippen molar-refractivity contribution in [3.63, 3.8) is 0 Å². The number of hydrogen-bond donors (Lipinski definition) is 1. The second kappa shape index (κ2) is 6.35. The molecule has 0 radical (unpaired) electrons. The highest BCUT2D eigenvalue weighted by molar-refractivity contribution is 5.21. The quantitative estimate of drug-likeness (QED) is 0.859. The van der Waals surface area contributed by atoms with Crippen LogP contribution in [0.3, 0.4) is 0 Å². The Morgan fingerprint density at radius 1 is 1.28 bits per heavy atom. The monoisotopic (exact) mass is 246 g/mol. The van der Waals surface area contributed by atoms with Crippen LogP contribution in [0.4, 0.5) is 0 Å². The number of nitrogens with zero attached hydrogens (tertiary/aromatic N) is 1. The average Bonchev–Trinajstić information content (AvgIpc) is 2.85. The van der Waals surface area contributed by atoms with Crippen LogP contribution in [0.5, 0.6) is 0 Å². The minimum absolute atomic E-state index is 0.611. The molecule has 1 aliphatic rings. The van der Waals surface area contributed by atoms with Gasteiger partial charge in [0, 0.05) is 19.1 Å². The van der Waals surface area contributed by atoms with E-state index in [4.69, 9.17) is 0 Å². The molecule has 100 valence electrons. The molecule has 0 aromatic heterocycles. The van der Waals surface area contributed by atoms with Gasteiger partial charge in [0.15, 0.2) is 0 Å². The summed E-state index contributed by atoms with van der Waals surface area (Å²) >= 11 is 0. The summed E-state index contributed by atoms with van der Waals surface area (Å²) < 4.78 is 0. The number of benzene rings is 1. The summed E-state index contributed by atoms with van der Waals surface area (Å²) in [5.74, 6) is 1.43. The summed E-state index contributed by atoms with van der Waals surface area (Å²) in [6.45, 7) is 8.23. The molecule has 2 heteroatoms. The zero-order valence-corrected chi connectivity index (χ0v) is 11.9. The van der Waals surface area contributed by atoms with Crippen LogP contribution >= 0.6 is 0 Å². The summed E-state index contributed by atoms with van der Waals surface area (Å²) in [7, 11) is 2.08. The van der Waals surface area contributed by atoms with Gasteiger partial charge in [0.05, 0.1) is 0 Å². The van der Waals surface area contributed by atoms with Gasteiger partial charge in [-0.1, -0.05) is 44.2 Å². The second-order valence-corrected chi connectivity index (χ2v) is 5.80. The molecule has 2 nitrogen and oxygen atoms in total. The molecule has 1 aromatic rings. The molecule has 0 saturated carbocycles. The highest BCUT2D eigenvalue weighted by Gasteiger charge is 2.25. The lowest BCUT2D eigenvalue weighted by molar-refractivity contribution is 0.261. The van der Waals surface area contributed by atoms with E-state index in [2.05, 4.69) is 61.4 Å². The van der Waals surface area contributed by atoms with Crippen molar-refractivity contribution in [3.05, 3.63) is 35.9 Å². The number of rotatable bonds is 5. The van der Waals surface area contributed by atoms with Gasteiger partial charge in [0.25, 0.3) is 0 Å². The summed E-state index contributed by atoms with van der Waals surface area (Å²) in [5.41, 5.74) is 1.51. The topological polar surface area (TPSA) is 15.3 Å². The molecule has 18 heavy (non-hydrogen) atoms. The van der Waals surface area contributed by atoms with Crippen molar-refractivity contribution in [2.75, 3.05) is 26.7 Å². The summed E-state index contributed by atoms with van der Waals surface area (Å²) in [6.07, 6.45) is 1.30. The Labute approximate surface area is 111 Å². The smallest absolute Gasteiger partial charge is 0.0214 e. The third-order valence-electron chi connectivity index (χ3n) is 4.17. The van der Waals surface area contributed by atoms with Crippen LogP contribution in [-0.2, 0) is 0 Å². The van der Waals surface area contributed by atoms with Crippen LogP contribution in [0.15, 0.2) is 30.3 Å². The molecule has 1 heterocycles. The van der Waals surface area contributed by atoms with Crippen molar-refractivity contribution in [3.8, 4) is 0 Å². The Hall–Kier alpha value is -0.860. The van der Waals surface area contributed by atoms with Gasteiger partial charge in [-0.25, -0.2) is 0 Å². The Bertz CT molecular complexity index is 347. The normalized spacial score (nSPS) is 22.6. The number of likely N-dealkylation sites (tertiary alicyclic amines) is 1. The zero-order chi connectivity index (χ0) is 13.0. The predicted molar refractivity (Wildman–Crippen MR) is 77.9 cm³/mol. The number of hydrogen-bond acceptors (Lipinski definition) is 2. The molecule has 2 atom stereocenters. The average molecular weight is 246 g/mol. The molecule has 0 spiro atoms. The molecular weight excluding hydrogens is 220 g/mol. The van der Waals surface area contributed by atoms with E-state index in [1.807, 2.05) is 0 Å². The van der Waals surface area contributed by atoms with E-state index in [1.165, 1.54) is 31.6 Å². The van der Waals surface area contributed by atoms with Crippen LogP contribution in [0.2, 0.25) is 0 Å². The van der Waals surface area contributed by atoms with Gasteiger partial charge in [-0.2, -0.15) is 0 Å². The zero-order valence-electron chi connectivity index (χ0n) is 11.9. The first-order valence-electron chi connectivity index (χ1n) is 7.15. The molecule has 0 bridgehead atoms. The van der Waals surface area contributed by atoms with Gasteiger partial charge < -0.3 is 10.2 Å². The number of nitrogens with one attached hydrogen (secondary N) is 1. The molecule has 1 aromatic carbocycles. The highest BCUT2D eigenvalue weighted by Crippen LogP contribution is 2.27. The van der Waals surface area contributed by atoms with Crippen molar-refractivity contribution in [1.82, 2.24) is 10.2 Å². The van der Waals surface area contributed by atoms with E-state index in [0.717, 1.165) is 5.92 Å². The fraction of sp³-hybridized carbons (Fsp3) is 0.625. The standard InChI is InChI=1S/C16H26N2/c1-13(2)16(17-3)12-18-10-9-15(11-18)14-7-5-4-6-8-14/h4-8,13,15-17H,9-12H2,1-3H3. The first-order valence-corrected chi connectivity index (χ1v) is 7.15. The molecule has 1 aliphatic heterocycles. The SMILES string of the molecule is CNC(CN1CCC(c2ccccc2)C1)C(C)C. The van der Waals surface area contributed by atoms with Crippen LogP contribution < -0.4 is 5.32 Å². The van der Waals surface area contributed by atoms with E-state index in [1.54, 1.807) is 0 Å². The Balaban J connectivity index is 1.89. The Kier molecular flexibility index (Phi) is 4.79. The largest absolute Gasteiger partial charge is 0.315 e. The molecule has 0 aliphatic carbocycles. The van der Waals surface area contributed by atoms with E-state index in [9.17, 15) is 0 Å². The van der Waals surface area contributed by atoms with Crippen molar-refractivity contribution < 1.29 is 0 Å². The highest BCUT2D eigenvalue weighted by atomic mass is 15.2. The maximum Gasteiger partial charge on any atom is 0.0214 e. The van der Waals surface area contributed by atoms with Gasteiger partial charge in [-0.15, -0.1) is 0 Å². The molecule has 1 saturated heterocycles. The van der Waals surface area contributed by atoms with Crippen LogP contribution in [0.25, 0.3) is 0 Å². The predicted octanol–water partition coefficient (Wildman–Crippen LogP) is 2.72. The molecular formula is C16H26N2. The second-order valence-electron chi connectivity index (χ2n) is 5.80. The Morgan fingerprint density at radius 2 is 2.00 bits per heavy atom. The van der Waals surface area contributed by atoms with E-state index in [0.29, 0.717) is 12.0 Å². The molecule has 2 rings (SSSR count). The fourth-order valence-electron chi connectivity index (χ4n) is 2.91. The van der Waals surface area contributed by atoms with E-state index >= 15 is 0 Å². The van der Waals surface area contributed by atoms with Gasteiger partial charge in [-0.05, 0) is 37.4 Å². The number of likely N-dealkylation sites (N-methyl/N-ethyl adjacent to an activating group) is 1. The van der Waals surface area contributed by atoms with E-state index in [-0.39, 0.29) is 0 Å². The first kappa shape index (κ1) is 13.6. The fourth-order valence-corrected chi connectivity index (χ4v) is 2.91. The lowest BCUT2D eigenvalue weighted by Crippen LogP contribution is -2.41. The summed E-state index contributed by atoms with van der Waals surface area (Å²) in [5, 5.41) is 3.44. The van der Waals surface area contributed by atoms with Crippen molar-refractivity contribution in [1.29, 1.82) is 0 Å². The van der Waals surface area contributed by atoms with Gasteiger partial charge in [-0.3, -0.25) is 0 Å². The van der Waals surface area contributed by atoms with Crippen LogP contribution in [-0.4, -0.2) is 37.6 Å². The molecule has 1 fully saturated rings. The third-order valence-corrected chi connectivity index (χ3v) is 4.17. The maximum atomic E-state index is 3.44. The van der Waals surface area contributed by atoms with E-state index < -0.39 is 0 Å². The first-order chi connectivity index (χ1) is 8.70. The summed E-state index contributed by atoms with van der Waals surface area (Å²) in [4.78, 5) is 2.61. The maximum absolute atomic E-state index is 3.44. The Morgan fingerprint density at radius 3 is 2.61 bits per heavy atom. The molecule has 2 unspecified atom stereocenters. The minimum Gasteiger partial charge on any atom is -0.315 e. The van der Waals surface area contributed by atoms with Crippen molar-refractivity contribution in [2.45, 2.75) is 32.2 Å². The lowest BCUT2D eigenvalue weighted by atomic mass is 9.99. The molecule has 1 N–H and O–H groups in total. The van der Waals surface area contributed by atoms with Crippen LogP contribution in [0, 0.1) is 5.92 Å². The van der Waals surface area contributed by atoms with Crippen molar-refractivity contribution in [2.24, 2.45) is 5.92 Å². The van der Waals surface area contributed by atoms with Crippen molar-refractivity contribution >= 4 is 0 Å². The third kappa shape index (κ3) is 3.33. The molecule has 0 amide bonds. The minimum atomic E-state index is 0.611. The summed E-state index contributed by atoms with van der Waals surface area (Å²) in [6, 6.07) is 11.6. The lowest BCUT2D eigenvalue weighted by Gasteiger charge is -2.26. The van der Waals surface area contributed by atoms with Gasteiger partial charge in [0.2, 0.25) is 0 Å². The van der Waals surface area contributed by atoms with Crippen LogP contribution in [0.1, 0.15) is 31.7 Å². The van der Waals surface area contributed by atoms with Gasteiger partial charge in [0.1, 0.15) is 0 Å². The van der Waals surface area contributed by atoms with Gasteiger partial charge >= 0.3 is 0 Å².